The van der Waals surface area contributed by atoms with Gasteiger partial charge in [-0.3, -0.25) is 14.6 Å². The van der Waals surface area contributed by atoms with Gasteiger partial charge in [-0.15, -0.1) is 0 Å². The van der Waals surface area contributed by atoms with Crippen molar-refractivity contribution in [3.05, 3.63) is 0 Å². The highest BCUT2D eigenvalue weighted by Gasteiger charge is 2.26. The smallest absolute Gasteiger partial charge is 0.237 e. The van der Waals surface area contributed by atoms with E-state index in [2.05, 4.69) is 15.1 Å². The molecule has 2 saturated heterocycles. The number of hydrogen-bond donors (Lipinski definition) is 1. The van der Waals surface area contributed by atoms with Gasteiger partial charge in [0.15, 0.2) is 0 Å². The molecule has 2 rings (SSSR count). The zero-order valence-electron chi connectivity index (χ0n) is 13.3. The van der Waals surface area contributed by atoms with E-state index in [1.807, 2.05) is 6.92 Å². The molecule has 0 bridgehead atoms. The molecule has 122 valence electrons. The second kappa shape index (κ2) is 8.68. The summed E-state index contributed by atoms with van der Waals surface area (Å²) in [6.45, 7) is 9.13. The third-order valence-corrected chi connectivity index (χ3v) is 4.47. The van der Waals surface area contributed by atoms with E-state index in [1.54, 1.807) is 7.11 Å². The Balaban J connectivity index is 1.65. The van der Waals surface area contributed by atoms with Gasteiger partial charge in [0.05, 0.1) is 18.8 Å². The van der Waals surface area contributed by atoms with Crippen molar-refractivity contribution >= 4 is 5.91 Å². The highest BCUT2D eigenvalue weighted by molar-refractivity contribution is 5.81. The number of carbonyl (C=O) groups excluding carboxylic acids is 1. The summed E-state index contributed by atoms with van der Waals surface area (Å²) in [6, 6.07) is -0.0593. The largest absolute Gasteiger partial charge is 0.383 e. The Labute approximate surface area is 127 Å². The number of nitrogens with one attached hydrogen (secondary N) is 1. The van der Waals surface area contributed by atoms with Crippen LogP contribution in [0.15, 0.2) is 0 Å². The van der Waals surface area contributed by atoms with Crippen molar-refractivity contribution in [2.24, 2.45) is 0 Å². The molecule has 1 amide bonds. The summed E-state index contributed by atoms with van der Waals surface area (Å²) in [6.07, 6.45) is 2.39. The molecule has 6 nitrogen and oxygen atoms in total. The molecule has 0 aromatic heterocycles. The normalized spacial score (nSPS) is 25.9. The SMILES string of the molecule is COCCN1CCN([C@@H](C)C(=O)NC[C@H]2CCCO2)CC1. The Morgan fingerprint density at radius 2 is 2.14 bits per heavy atom. The lowest BCUT2D eigenvalue weighted by molar-refractivity contribution is -0.127. The molecular formula is C15H29N3O3. The summed E-state index contributed by atoms with van der Waals surface area (Å²) in [4.78, 5) is 16.9. The van der Waals surface area contributed by atoms with Crippen molar-refractivity contribution in [3.8, 4) is 0 Å². The maximum Gasteiger partial charge on any atom is 0.237 e. The summed E-state index contributed by atoms with van der Waals surface area (Å²) in [7, 11) is 1.73. The number of rotatable bonds is 7. The van der Waals surface area contributed by atoms with Crippen LogP contribution in [-0.2, 0) is 14.3 Å². The average Bonchev–Trinajstić information content (AvgIpc) is 3.04. The minimum Gasteiger partial charge on any atom is -0.383 e. The van der Waals surface area contributed by atoms with E-state index in [-0.39, 0.29) is 18.1 Å². The first kappa shape index (κ1) is 16.7. The minimum absolute atomic E-state index is 0.0593. The lowest BCUT2D eigenvalue weighted by Crippen LogP contribution is -2.54. The van der Waals surface area contributed by atoms with Gasteiger partial charge in [0.1, 0.15) is 0 Å². The summed E-state index contributed by atoms with van der Waals surface area (Å²) in [5.41, 5.74) is 0. The van der Waals surface area contributed by atoms with Crippen LogP contribution >= 0.6 is 0 Å². The van der Waals surface area contributed by atoms with Gasteiger partial charge in [0.2, 0.25) is 5.91 Å². The van der Waals surface area contributed by atoms with Crippen molar-refractivity contribution in [3.63, 3.8) is 0 Å². The van der Waals surface area contributed by atoms with Crippen LogP contribution in [0, 0.1) is 0 Å². The van der Waals surface area contributed by atoms with E-state index in [0.717, 1.165) is 58.8 Å². The van der Waals surface area contributed by atoms with Gasteiger partial charge >= 0.3 is 0 Å². The molecule has 2 aliphatic heterocycles. The number of carbonyl (C=O) groups is 1. The van der Waals surface area contributed by atoms with Crippen molar-refractivity contribution < 1.29 is 14.3 Å². The molecule has 0 aromatic rings. The van der Waals surface area contributed by atoms with Gasteiger partial charge in [0, 0.05) is 53.0 Å². The molecule has 21 heavy (non-hydrogen) atoms. The van der Waals surface area contributed by atoms with Gasteiger partial charge in [-0.1, -0.05) is 0 Å². The Hall–Kier alpha value is -0.690. The molecular weight excluding hydrogens is 270 g/mol. The first-order valence-corrected chi connectivity index (χ1v) is 8.05. The molecule has 0 aromatic carbocycles. The molecule has 0 aliphatic carbocycles. The molecule has 2 atom stereocenters. The monoisotopic (exact) mass is 299 g/mol. The van der Waals surface area contributed by atoms with Crippen LogP contribution in [0.3, 0.4) is 0 Å². The Morgan fingerprint density at radius 1 is 1.38 bits per heavy atom. The highest BCUT2D eigenvalue weighted by Crippen LogP contribution is 2.11. The first-order valence-electron chi connectivity index (χ1n) is 8.05. The van der Waals surface area contributed by atoms with Crippen LogP contribution in [0.1, 0.15) is 19.8 Å². The zero-order chi connectivity index (χ0) is 15.1. The zero-order valence-corrected chi connectivity index (χ0v) is 13.3. The Morgan fingerprint density at radius 3 is 2.76 bits per heavy atom. The number of methoxy groups -OCH3 is 1. The quantitative estimate of drug-likeness (QED) is 0.713. The molecule has 0 radical (unpaired) electrons. The van der Waals surface area contributed by atoms with Crippen LogP contribution in [0.5, 0.6) is 0 Å². The number of hydrogen-bond acceptors (Lipinski definition) is 5. The van der Waals surface area contributed by atoms with Gasteiger partial charge < -0.3 is 14.8 Å². The second-order valence-electron chi connectivity index (χ2n) is 5.93. The standard InChI is InChI=1S/C15H29N3O3/c1-13(15(19)16-12-14-4-3-10-21-14)18-7-5-17(6-8-18)9-11-20-2/h13-14H,3-12H2,1-2H3,(H,16,19)/t13-,14+/m0/s1. The van der Waals surface area contributed by atoms with Crippen LogP contribution < -0.4 is 5.32 Å². The van der Waals surface area contributed by atoms with Crippen LogP contribution in [0.4, 0.5) is 0 Å². The Kier molecular flexibility index (Phi) is 6.89. The van der Waals surface area contributed by atoms with E-state index >= 15 is 0 Å². The molecule has 2 fully saturated rings. The van der Waals surface area contributed by atoms with Crippen molar-refractivity contribution in [1.82, 2.24) is 15.1 Å². The first-order chi connectivity index (χ1) is 10.2. The summed E-state index contributed by atoms with van der Waals surface area (Å²) >= 11 is 0. The van der Waals surface area contributed by atoms with E-state index in [9.17, 15) is 4.79 Å². The molecule has 0 saturated carbocycles. The molecule has 6 heteroatoms. The predicted octanol–water partition coefficient (Wildman–Crippen LogP) is -0.0659. The van der Waals surface area contributed by atoms with Crippen LogP contribution in [-0.4, -0.2) is 87.4 Å². The van der Waals surface area contributed by atoms with E-state index < -0.39 is 0 Å². The third-order valence-electron chi connectivity index (χ3n) is 4.47. The maximum absolute atomic E-state index is 12.2. The predicted molar refractivity (Wildman–Crippen MR) is 81.3 cm³/mol. The van der Waals surface area contributed by atoms with E-state index in [0.29, 0.717) is 6.54 Å². The highest BCUT2D eigenvalue weighted by atomic mass is 16.5. The number of nitrogens with zero attached hydrogens (tertiary/aromatic N) is 2. The molecule has 0 spiro atoms. The van der Waals surface area contributed by atoms with E-state index in [1.165, 1.54) is 0 Å². The summed E-state index contributed by atoms with van der Waals surface area (Å²) < 4.78 is 10.6. The van der Waals surface area contributed by atoms with Crippen molar-refractivity contribution in [2.75, 3.05) is 59.6 Å². The summed E-state index contributed by atoms with van der Waals surface area (Å²) in [5.74, 6) is 0.121. The van der Waals surface area contributed by atoms with Gasteiger partial charge in [0.25, 0.3) is 0 Å². The fourth-order valence-corrected chi connectivity index (χ4v) is 2.93. The van der Waals surface area contributed by atoms with Gasteiger partial charge in [-0.05, 0) is 19.8 Å². The fraction of sp³-hybridized carbons (Fsp3) is 0.933. The van der Waals surface area contributed by atoms with Crippen molar-refractivity contribution in [1.29, 1.82) is 0 Å². The second-order valence-corrected chi connectivity index (χ2v) is 5.93. The molecule has 2 heterocycles. The minimum atomic E-state index is -0.0593. The van der Waals surface area contributed by atoms with Gasteiger partial charge in [-0.25, -0.2) is 0 Å². The number of piperazine rings is 1. The van der Waals surface area contributed by atoms with Crippen LogP contribution in [0.25, 0.3) is 0 Å². The fourth-order valence-electron chi connectivity index (χ4n) is 2.93. The topological polar surface area (TPSA) is 54.0 Å². The number of amides is 1. The lowest BCUT2D eigenvalue weighted by Gasteiger charge is -2.37. The van der Waals surface area contributed by atoms with Crippen molar-refractivity contribution in [2.45, 2.75) is 31.9 Å². The summed E-state index contributed by atoms with van der Waals surface area (Å²) in [5, 5.41) is 3.03. The molecule has 1 N–H and O–H groups in total. The third kappa shape index (κ3) is 5.21. The molecule has 2 aliphatic rings. The lowest BCUT2D eigenvalue weighted by atomic mass is 10.2. The van der Waals surface area contributed by atoms with E-state index in [4.69, 9.17) is 9.47 Å². The maximum atomic E-state index is 12.2. The van der Waals surface area contributed by atoms with Crippen LogP contribution in [0.2, 0.25) is 0 Å². The Bertz CT molecular complexity index is 313. The number of ether oxygens (including phenoxy) is 2. The molecule has 0 unspecified atom stereocenters. The van der Waals surface area contributed by atoms with Gasteiger partial charge in [-0.2, -0.15) is 0 Å². The average molecular weight is 299 g/mol.